The first-order valence-corrected chi connectivity index (χ1v) is 9.33. The van der Waals surface area contributed by atoms with Crippen molar-refractivity contribution >= 4 is 29.9 Å². The second-order valence-corrected chi connectivity index (χ2v) is 7.52. The molecular weight excluding hydrogens is 449 g/mol. The lowest BCUT2D eigenvalue weighted by molar-refractivity contribution is 0.506. The van der Waals surface area contributed by atoms with Crippen molar-refractivity contribution in [3.8, 4) is 0 Å². The van der Waals surface area contributed by atoms with Crippen molar-refractivity contribution in [2.45, 2.75) is 53.5 Å². The van der Waals surface area contributed by atoms with Crippen LogP contribution in [-0.4, -0.2) is 28.8 Å². The predicted octanol–water partition coefficient (Wildman–Crippen LogP) is 4.00. The lowest BCUT2D eigenvalue weighted by atomic mass is 9.82. The lowest BCUT2D eigenvalue weighted by Crippen LogP contribution is -2.43. The van der Waals surface area contributed by atoms with E-state index in [-0.39, 0.29) is 29.4 Å². The van der Waals surface area contributed by atoms with E-state index in [1.165, 1.54) is 22.4 Å². The van der Waals surface area contributed by atoms with Crippen LogP contribution in [0.25, 0.3) is 0 Å². The molecule has 2 aromatic rings. The normalized spacial score (nSPS) is 11.9. The van der Waals surface area contributed by atoms with Crippen LogP contribution in [0.15, 0.2) is 29.3 Å². The number of guanidine groups is 1. The molecule has 1 aromatic heterocycles. The van der Waals surface area contributed by atoms with Gasteiger partial charge >= 0.3 is 0 Å². The van der Waals surface area contributed by atoms with Crippen molar-refractivity contribution in [1.82, 2.24) is 20.4 Å². The van der Waals surface area contributed by atoms with E-state index in [1.54, 1.807) is 0 Å². The van der Waals surface area contributed by atoms with Crippen LogP contribution in [0, 0.1) is 20.8 Å². The Morgan fingerprint density at radius 2 is 1.81 bits per heavy atom. The van der Waals surface area contributed by atoms with Gasteiger partial charge in [0.25, 0.3) is 0 Å². The van der Waals surface area contributed by atoms with Crippen molar-refractivity contribution in [3.63, 3.8) is 0 Å². The summed E-state index contributed by atoms with van der Waals surface area (Å²) in [6, 6.07) is 8.58. The molecule has 0 saturated heterocycles. The number of nitrogens with zero attached hydrogens (tertiary/aromatic N) is 3. The number of halogens is 1. The Hall–Kier alpha value is -1.57. The van der Waals surface area contributed by atoms with E-state index in [9.17, 15) is 0 Å². The maximum absolute atomic E-state index is 4.78. The van der Waals surface area contributed by atoms with Gasteiger partial charge in [0.15, 0.2) is 5.96 Å². The molecule has 0 atom stereocenters. The maximum Gasteiger partial charge on any atom is 0.191 e. The van der Waals surface area contributed by atoms with E-state index in [1.807, 2.05) is 18.7 Å². The Bertz CT molecular complexity index is 777. The monoisotopic (exact) mass is 483 g/mol. The van der Waals surface area contributed by atoms with Crippen LogP contribution < -0.4 is 10.6 Å². The fourth-order valence-corrected chi connectivity index (χ4v) is 3.28. The fourth-order valence-electron chi connectivity index (χ4n) is 3.28. The molecule has 0 unspecified atom stereocenters. The van der Waals surface area contributed by atoms with Crippen LogP contribution >= 0.6 is 24.0 Å². The zero-order valence-corrected chi connectivity index (χ0v) is 20.0. The number of aromatic nitrogens is 2. The molecule has 2 N–H and O–H groups in total. The van der Waals surface area contributed by atoms with Crippen LogP contribution in [0.5, 0.6) is 0 Å². The first kappa shape index (κ1) is 23.5. The zero-order valence-electron chi connectivity index (χ0n) is 17.7. The molecule has 2 rings (SSSR count). The van der Waals surface area contributed by atoms with E-state index >= 15 is 0 Å². The molecule has 0 aliphatic heterocycles. The number of aryl methyl sites for hydroxylation is 3. The van der Waals surface area contributed by atoms with Gasteiger partial charge < -0.3 is 10.6 Å². The molecule has 6 heteroatoms. The second-order valence-electron chi connectivity index (χ2n) is 7.52. The molecule has 150 valence electrons. The smallest absolute Gasteiger partial charge is 0.191 e. The van der Waals surface area contributed by atoms with Gasteiger partial charge in [0.2, 0.25) is 0 Å². The van der Waals surface area contributed by atoms with Gasteiger partial charge in [-0.05, 0) is 38.8 Å². The van der Waals surface area contributed by atoms with Gasteiger partial charge in [-0.3, -0.25) is 4.68 Å². The summed E-state index contributed by atoms with van der Waals surface area (Å²) < 4.78 is 1.92. The molecule has 0 aliphatic rings. The minimum atomic E-state index is 0. The molecule has 0 spiro atoms. The third-order valence-corrected chi connectivity index (χ3v) is 4.97. The van der Waals surface area contributed by atoms with Gasteiger partial charge in [0.1, 0.15) is 0 Å². The number of hydrogen-bond donors (Lipinski definition) is 2. The van der Waals surface area contributed by atoms with E-state index < -0.39 is 0 Å². The van der Waals surface area contributed by atoms with Crippen molar-refractivity contribution in [3.05, 3.63) is 52.3 Å². The number of benzene rings is 1. The summed E-state index contributed by atoms with van der Waals surface area (Å²) in [4.78, 5) is 4.78. The molecule has 0 fully saturated rings. The Morgan fingerprint density at radius 1 is 1.15 bits per heavy atom. The third-order valence-electron chi connectivity index (χ3n) is 4.97. The van der Waals surface area contributed by atoms with E-state index in [0.29, 0.717) is 6.54 Å². The van der Waals surface area contributed by atoms with Crippen molar-refractivity contribution in [1.29, 1.82) is 0 Å². The zero-order chi connectivity index (χ0) is 19.3. The Balaban J connectivity index is 0.00000364. The summed E-state index contributed by atoms with van der Waals surface area (Å²) >= 11 is 0. The molecule has 5 nitrogen and oxygen atoms in total. The third kappa shape index (κ3) is 5.96. The second kappa shape index (κ2) is 10.1. The predicted molar refractivity (Wildman–Crippen MR) is 125 cm³/mol. The molecule has 1 heterocycles. The topological polar surface area (TPSA) is 54.2 Å². The van der Waals surface area contributed by atoms with E-state index in [2.05, 4.69) is 74.6 Å². The molecule has 27 heavy (non-hydrogen) atoms. The van der Waals surface area contributed by atoms with Crippen LogP contribution in [0.2, 0.25) is 0 Å². The number of nitrogens with one attached hydrogen (secondary N) is 2. The van der Waals surface area contributed by atoms with E-state index in [4.69, 9.17) is 4.99 Å². The van der Waals surface area contributed by atoms with Gasteiger partial charge in [0.05, 0.1) is 12.2 Å². The Kier molecular flexibility index (Phi) is 8.78. The van der Waals surface area contributed by atoms with Crippen LogP contribution in [-0.2, 0) is 19.0 Å². The van der Waals surface area contributed by atoms with Crippen LogP contribution in [0.3, 0.4) is 0 Å². The van der Waals surface area contributed by atoms with E-state index in [0.717, 1.165) is 24.7 Å². The highest BCUT2D eigenvalue weighted by atomic mass is 127. The van der Waals surface area contributed by atoms with Gasteiger partial charge in [-0.1, -0.05) is 38.1 Å². The molecule has 0 bridgehead atoms. The Labute approximate surface area is 181 Å². The molecule has 0 amide bonds. The first-order valence-electron chi connectivity index (χ1n) is 9.33. The Morgan fingerprint density at radius 3 is 2.37 bits per heavy atom. The van der Waals surface area contributed by atoms with Crippen molar-refractivity contribution < 1.29 is 0 Å². The molecule has 0 radical (unpaired) electrons. The average molecular weight is 483 g/mol. The number of aliphatic imine (C=N–C) groups is 1. The highest BCUT2D eigenvalue weighted by Gasteiger charge is 2.22. The highest BCUT2D eigenvalue weighted by Crippen LogP contribution is 2.25. The van der Waals surface area contributed by atoms with Gasteiger partial charge in [-0.2, -0.15) is 5.10 Å². The van der Waals surface area contributed by atoms with Gasteiger partial charge in [-0.15, -0.1) is 24.0 Å². The largest absolute Gasteiger partial charge is 0.357 e. The van der Waals surface area contributed by atoms with Crippen molar-refractivity contribution in [2.24, 2.45) is 12.0 Å². The number of hydrogen-bond acceptors (Lipinski definition) is 2. The van der Waals surface area contributed by atoms with Crippen LogP contribution in [0.4, 0.5) is 0 Å². The summed E-state index contributed by atoms with van der Waals surface area (Å²) in [5.74, 6) is 0.844. The summed E-state index contributed by atoms with van der Waals surface area (Å²) in [7, 11) is 1.98. The quantitative estimate of drug-likeness (QED) is 0.371. The summed E-state index contributed by atoms with van der Waals surface area (Å²) in [6.07, 6.45) is 0. The highest BCUT2D eigenvalue weighted by molar-refractivity contribution is 14.0. The first-order chi connectivity index (χ1) is 12.3. The molecule has 0 aliphatic carbocycles. The fraction of sp³-hybridized carbons (Fsp3) is 0.524. The lowest BCUT2D eigenvalue weighted by Gasteiger charge is -2.28. The summed E-state index contributed by atoms with van der Waals surface area (Å²) in [5, 5.41) is 11.3. The molecule has 0 saturated carbocycles. The SMILES string of the molecule is CCNC(=NCc1c(C)nn(C)c1C)NCC(C)(C)c1ccccc1C.I. The van der Waals surface area contributed by atoms with Crippen LogP contribution in [0.1, 0.15) is 48.8 Å². The molecular formula is C21H34IN5. The summed E-state index contributed by atoms with van der Waals surface area (Å²) in [5.41, 5.74) is 6.11. The number of rotatable bonds is 6. The minimum absolute atomic E-state index is 0. The van der Waals surface area contributed by atoms with Gasteiger partial charge in [0, 0.05) is 36.8 Å². The minimum Gasteiger partial charge on any atom is -0.357 e. The summed E-state index contributed by atoms with van der Waals surface area (Å²) in [6.45, 7) is 15.2. The van der Waals surface area contributed by atoms with Crippen molar-refractivity contribution in [2.75, 3.05) is 13.1 Å². The standard InChI is InChI=1S/C21H33N5.HI/c1-8-22-20(23-13-18-16(3)25-26(7)17(18)4)24-14-21(5,6)19-12-10-9-11-15(19)2;/h9-12H,8,13-14H2,1-7H3,(H2,22,23,24);1H. The van der Waals surface area contributed by atoms with Gasteiger partial charge in [-0.25, -0.2) is 4.99 Å². The average Bonchev–Trinajstić information content (AvgIpc) is 2.83. The maximum atomic E-state index is 4.78. The molecule has 1 aromatic carbocycles.